The van der Waals surface area contributed by atoms with Gasteiger partial charge in [-0.15, -0.1) is 0 Å². The van der Waals surface area contributed by atoms with Crippen molar-refractivity contribution in [2.45, 2.75) is 6.92 Å². The molecule has 0 aliphatic rings. The second kappa shape index (κ2) is 5.87. The van der Waals surface area contributed by atoms with Crippen LogP contribution in [-0.2, 0) is 4.74 Å². The number of nitrogens with one attached hydrogen (secondary N) is 1. The van der Waals surface area contributed by atoms with E-state index < -0.39 is 12.0 Å². The zero-order chi connectivity index (χ0) is 14.5. The fraction of sp³-hybridized carbons (Fsp3) is 0.154. The average molecular weight is 274 g/mol. The van der Waals surface area contributed by atoms with Crippen LogP contribution in [0.4, 0.5) is 16.3 Å². The number of rotatable bonds is 3. The van der Waals surface area contributed by atoms with Gasteiger partial charge in [-0.05, 0) is 19.1 Å². The molecule has 0 aliphatic heterocycles. The summed E-state index contributed by atoms with van der Waals surface area (Å²) >= 11 is 0. The Balaban J connectivity index is 2.17. The van der Waals surface area contributed by atoms with E-state index in [1.165, 1.54) is 6.20 Å². The number of nitrogens with two attached hydrogens (primary N) is 1. The van der Waals surface area contributed by atoms with Gasteiger partial charge in [0.05, 0.1) is 12.8 Å². The highest BCUT2D eigenvalue weighted by Crippen LogP contribution is 2.13. The van der Waals surface area contributed by atoms with Gasteiger partial charge in [-0.3, -0.25) is 0 Å². The van der Waals surface area contributed by atoms with Crippen molar-refractivity contribution in [3.63, 3.8) is 0 Å². The standard InChI is InChI=1S/C13H14N4O3/c1-2-20-12(18)10-8-15-17(11(10)14)13(19)16-9-6-4-3-5-7-9/h3-8H,2,14H2,1H3,(H,16,19). The first-order valence-corrected chi connectivity index (χ1v) is 6.00. The van der Waals surface area contributed by atoms with Crippen LogP contribution in [0, 0.1) is 0 Å². The number of hydrogen-bond donors (Lipinski definition) is 2. The Labute approximate surface area is 115 Å². The molecular formula is C13H14N4O3. The lowest BCUT2D eigenvalue weighted by atomic mass is 10.3. The first kappa shape index (κ1) is 13.6. The van der Waals surface area contributed by atoms with Gasteiger partial charge in [-0.25, -0.2) is 9.59 Å². The first-order chi connectivity index (χ1) is 9.63. The number of amides is 1. The molecule has 2 aromatic rings. The maximum absolute atomic E-state index is 12.0. The van der Waals surface area contributed by atoms with Crippen molar-refractivity contribution in [3.05, 3.63) is 42.1 Å². The van der Waals surface area contributed by atoms with Crippen molar-refractivity contribution in [2.24, 2.45) is 0 Å². The minimum atomic E-state index is -0.608. The largest absolute Gasteiger partial charge is 0.462 e. The Hall–Kier alpha value is -2.83. The highest BCUT2D eigenvalue weighted by atomic mass is 16.5. The van der Waals surface area contributed by atoms with Gasteiger partial charge in [0.15, 0.2) is 0 Å². The van der Waals surface area contributed by atoms with Crippen LogP contribution < -0.4 is 11.1 Å². The first-order valence-electron chi connectivity index (χ1n) is 6.00. The van der Waals surface area contributed by atoms with Crippen molar-refractivity contribution in [1.29, 1.82) is 0 Å². The van der Waals surface area contributed by atoms with E-state index in [-0.39, 0.29) is 18.0 Å². The molecule has 1 aromatic carbocycles. The second-order valence-electron chi connectivity index (χ2n) is 3.87. The third-order valence-corrected chi connectivity index (χ3v) is 2.52. The van der Waals surface area contributed by atoms with Crippen LogP contribution >= 0.6 is 0 Å². The molecule has 0 fully saturated rings. The van der Waals surface area contributed by atoms with E-state index in [9.17, 15) is 9.59 Å². The van der Waals surface area contributed by atoms with Gasteiger partial charge in [-0.1, -0.05) is 18.2 Å². The Morgan fingerprint density at radius 3 is 2.70 bits per heavy atom. The monoisotopic (exact) mass is 274 g/mol. The maximum Gasteiger partial charge on any atom is 0.348 e. The number of nitrogen functional groups attached to an aromatic ring is 1. The molecule has 7 heteroatoms. The lowest BCUT2D eigenvalue weighted by Crippen LogP contribution is -2.22. The van der Waals surface area contributed by atoms with Crippen LogP contribution in [0.25, 0.3) is 0 Å². The van der Waals surface area contributed by atoms with Crippen molar-refractivity contribution >= 4 is 23.5 Å². The zero-order valence-electron chi connectivity index (χ0n) is 10.9. The SMILES string of the molecule is CCOC(=O)c1cnn(C(=O)Nc2ccccc2)c1N. The van der Waals surface area contributed by atoms with Crippen LogP contribution in [-0.4, -0.2) is 28.4 Å². The number of carbonyl (C=O) groups excluding carboxylic acids is 2. The molecule has 0 unspecified atom stereocenters. The van der Waals surface area contributed by atoms with Crippen LogP contribution in [0.15, 0.2) is 36.5 Å². The Morgan fingerprint density at radius 2 is 2.05 bits per heavy atom. The van der Waals surface area contributed by atoms with Crippen molar-refractivity contribution in [2.75, 3.05) is 17.7 Å². The van der Waals surface area contributed by atoms with Gasteiger partial charge >= 0.3 is 12.0 Å². The normalized spacial score (nSPS) is 10.1. The highest BCUT2D eigenvalue weighted by Gasteiger charge is 2.19. The summed E-state index contributed by atoms with van der Waals surface area (Å²) < 4.78 is 5.73. The summed E-state index contributed by atoms with van der Waals surface area (Å²) in [7, 11) is 0. The molecule has 1 heterocycles. The topological polar surface area (TPSA) is 99.2 Å². The molecule has 2 rings (SSSR count). The van der Waals surface area contributed by atoms with E-state index >= 15 is 0 Å². The van der Waals surface area contributed by atoms with Crippen LogP contribution in [0.2, 0.25) is 0 Å². The summed E-state index contributed by atoms with van der Waals surface area (Å²) in [5, 5.41) is 6.41. The Morgan fingerprint density at radius 1 is 1.35 bits per heavy atom. The zero-order valence-corrected chi connectivity index (χ0v) is 10.9. The molecule has 0 spiro atoms. The number of nitrogens with zero attached hydrogens (tertiary/aromatic N) is 2. The summed E-state index contributed by atoms with van der Waals surface area (Å²) in [6.45, 7) is 1.90. The number of ether oxygens (including phenoxy) is 1. The summed E-state index contributed by atoms with van der Waals surface area (Å²) in [5.41, 5.74) is 6.39. The second-order valence-corrected chi connectivity index (χ2v) is 3.87. The Kier molecular flexibility index (Phi) is 3.99. The van der Waals surface area contributed by atoms with Gasteiger partial charge < -0.3 is 15.8 Å². The number of hydrogen-bond acceptors (Lipinski definition) is 5. The van der Waals surface area contributed by atoms with E-state index in [2.05, 4.69) is 10.4 Å². The third kappa shape index (κ3) is 2.77. The number of anilines is 2. The molecule has 7 nitrogen and oxygen atoms in total. The minimum Gasteiger partial charge on any atom is -0.462 e. The smallest absolute Gasteiger partial charge is 0.348 e. The summed E-state index contributed by atoms with van der Waals surface area (Å²) in [6, 6.07) is 8.30. The van der Waals surface area contributed by atoms with Crippen molar-refractivity contribution in [3.8, 4) is 0 Å². The van der Waals surface area contributed by atoms with E-state index in [4.69, 9.17) is 10.5 Å². The van der Waals surface area contributed by atoms with E-state index in [0.29, 0.717) is 5.69 Å². The van der Waals surface area contributed by atoms with Crippen LogP contribution in [0.1, 0.15) is 17.3 Å². The highest BCUT2D eigenvalue weighted by molar-refractivity contribution is 5.98. The predicted molar refractivity (Wildman–Crippen MR) is 73.5 cm³/mol. The fourth-order valence-electron chi connectivity index (χ4n) is 1.58. The molecular weight excluding hydrogens is 260 g/mol. The van der Waals surface area contributed by atoms with Gasteiger partial charge in [0.1, 0.15) is 11.4 Å². The summed E-state index contributed by atoms with van der Waals surface area (Å²) in [4.78, 5) is 23.6. The molecule has 0 aliphatic carbocycles. The molecule has 1 amide bonds. The van der Waals surface area contributed by atoms with Crippen LogP contribution in [0.5, 0.6) is 0 Å². The number of aromatic nitrogens is 2. The minimum absolute atomic E-state index is 0.0584. The number of esters is 1. The molecule has 104 valence electrons. The molecule has 0 bridgehead atoms. The van der Waals surface area contributed by atoms with E-state index in [0.717, 1.165) is 4.68 Å². The lowest BCUT2D eigenvalue weighted by Gasteiger charge is -2.06. The summed E-state index contributed by atoms with van der Waals surface area (Å²) in [5.74, 6) is -0.666. The van der Waals surface area contributed by atoms with E-state index in [1.807, 2.05) is 6.07 Å². The predicted octanol–water partition coefficient (Wildman–Crippen LogP) is 1.72. The maximum atomic E-state index is 12.0. The number of carbonyl (C=O) groups is 2. The molecule has 0 saturated carbocycles. The van der Waals surface area contributed by atoms with Gasteiger partial charge in [-0.2, -0.15) is 9.78 Å². The van der Waals surface area contributed by atoms with Gasteiger partial charge in [0, 0.05) is 5.69 Å². The van der Waals surface area contributed by atoms with Gasteiger partial charge in [0.25, 0.3) is 0 Å². The van der Waals surface area contributed by atoms with Crippen LogP contribution in [0.3, 0.4) is 0 Å². The average Bonchev–Trinajstić information content (AvgIpc) is 2.82. The van der Waals surface area contributed by atoms with E-state index in [1.54, 1.807) is 31.2 Å². The van der Waals surface area contributed by atoms with Crippen molar-refractivity contribution < 1.29 is 14.3 Å². The molecule has 3 N–H and O–H groups in total. The molecule has 1 aromatic heterocycles. The molecule has 0 atom stereocenters. The third-order valence-electron chi connectivity index (χ3n) is 2.52. The molecule has 0 saturated heterocycles. The number of para-hydroxylation sites is 1. The summed E-state index contributed by atoms with van der Waals surface area (Å²) in [6.07, 6.45) is 1.21. The Bertz CT molecular complexity index is 622. The quantitative estimate of drug-likeness (QED) is 0.830. The molecule has 20 heavy (non-hydrogen) atoms. The van der Waals surface area contributed by atoms with Crippen molar-refractivity contribution in [1.82, 2.24) is 9.78 Å². The number of benzene rings is 1. The fourth-order valence-corrected chi connectivity index (χ4v) is 1.58. The molecule has 0 radical (unpaired) electrons. The lowest BCUT2D eigenvalue weighted by molar-refractivity contribution is 0.0527. The van der Waals surface area contributed by atoms with Gasteiger partial charge in [0.2, 0.25) is 0 Å².